The SMILES string of the molecule is c1ccc([C@H]2CNCC23CCC3)cc1. The minimum Gasteiger partial charge on any atom is -0.316 e. The van der Waals surface area contributed by atoms with Gasteiger partial charge in [0.1, 0.15) is 0 Å². The molecule has 1 nitrogen and oxygen atoms in total. The molecule has 1 heterocycles. The maximum Gasteiger partial charge on any atom is 0.00320 e. The van der Waals surface area contributed by atoms with Crippen molar-refractivity contribution in [2.45, 2.75) is 25.2 Å². The molecule has 1 aliphatic heterocycles. The van der Waals surface area contributed by atoms with Crippen molar-refractivity contribution in [3.63, 3.8) is 0 Å². The van der Waals surface area contributed by atoms with E-state index in [0.29, 0.717) is 5.41 Å². The maximum absolute atomic E-state index is 3.56. The molecule has 1 spiro atoms. The molecule has 1 aromatic carbocycles. The molecule has 14 heavy (non-hydrogen) atoms. The van der Waals surface area contributed by atoms with Crippen molar-refractivity contribution in [1.82, 2.24) is 5.32 Å². The van der Waals surface area contributed by atoms with Crippen molar-refractivity contribution in [3.05, 3.63) is 35.9 Å². The van der Waals surface area contributed by atoms with Gasteiger partial charge in [-0.05, 0) is 23.8 Å². The quantitative estimate of drug-likeness (QED) is 0.712. The summed E-state index contributed by atoms with van der Waals surface area (Å²) in [4.78, 5) is 0. The van der Waals surface area contributed by atoms with Gasteiger partial charge in [0, 0.05) is 19.0 Å². The van der Waals surface area contributed by atoms with Gasteiger partial charge in [0.25, 0.3) is 0 Å². The summed E-state index contributed by atoms with van der Waals surface area (Å²) >= 11 is 0. The van der Waals surface area contributed by atoms with E-state index in [0.717, 1.165) is 5.92 Å². The highest BCUT2D eigenvalue weighted by Gasteiger charge is 2.47. The summed E-state index contributed by atoms with van der Waals surface area (Å²) in [6.07, 6.45) is 4.30. The fraction of sp³-hybridized carbons (Fsp3) is 0.538. The van der Waals surface area contributed by atoms with Gasteiger partial charge >= 0.3 is 0 Å². The molecule has 1 heteroatoms. The fourth-order valence-electron chi connectivity index (χ4n) is 3.12. The second-order valence-corrected chi connectivity index (χ2v) is 4.81. The first kappa shape index (κ1) is 8.49. The van der Waals surface area contributed by atoms with Crippen molar-refractivity contribution in [2.75, 3.05) is 13.1 Å². The predicted molar refractivity (Wildman–Crippen MR) is 58.3 cm³/mol. The highest BCUT2D eigenvalue weighted by Crippen LogP contribution is 2.53. The van der Waals surface area contributed by atoms with E-state index < -0.39 is 0 Å². The number of hydrogen-bond acceptors (Lipinski definition) is 1. The molecule has 1 aliphatic carbocycles. The highest BCUT2D eigenvalue weighted by atomic mass is 14.9. The van der Waals surface area contributed by atoms with Gasteiger partial charge in [0.05, 0.1) is 0 Å². The first-order valence-electron chi connectivity index (χ1n) is 5.66. The molecule has 0 bridgehead atoms. The zero-order valence-corrected chi connectivity index (χ0v) is 8.50. The number of benzene rings is 1. The zero-order chi connectivity index (χ0) is 9.43. The molecule has 2 fully saturated rings. The van der Waals surface area contributed by atoms with Crippen LogP contribution in [0.25, 0.3) is 0 Å². The average molecular weight is 187 g/mol. The minimum absolute atomic E-state index is 0.626. The van der Waals surface area contributed by atoms with E-state index in [1.165, 1.54) is 37.9 Å². The van der Waals surface area contributed by atoms with Gasteiger partial charge in [-0.15, -0.1) is 0 Å². The van der Waals surface area contributed by atoms with E-state index in [4.69, 9.17) is 0 Å². The van der Waals surface area contributed by atoms with Crippen LogP contribution in [0.1, 0.15) is 30.7 Å². The first-order valence-corrected chi connectivity index (χ1v) is 5.66. The van der Waals surface area contributed by atoms with Crippen molar-refractivity contribution in [2.24, 2.45) is 5.41 Å². The lowest BCUT2D eigenvalue weighted by Gasteiger charge is -2.43. The van der Waals surface area contributed by atoms with Gasteiger partial charge in [-0.25, -0.2) is 0 Å². The van der Waals surface area contributed by atoms with Crippen LogP contribution in [0, 0.1) is 5.41 Å². The second-order valence-electron chi connectivity index (χ2n) is 4.81. The molecule has 0 amide bonds. The lowest BCUT2D eigenvalue weighted by molar-refractivity contribution is 0.137. The summed E-state index contributed by atoms with van der Waals surface area (Å²) in [5, 5.41) is 3.56. The Hall–Kier alpha value is -0.820. The van der Waals surface area contributed by atoms with Crippen LogP contribution in [0.3, 0.4) is 0 Å². The monoisotopic (exact) mass is 187 g/mol. The maximum atomic E-state index is 3.56. The largest absolute Gasteiger partial charge is 0.316 e. The molecule has 1 saturated carbocycles. The third kappa shape index (κ3) is 1.12. The van der Waals surface area contributed by atoms with E-state index in [9.17, 15) is 0 Å². The van der Waals surface area contributed by atoms with Crippen molar-refractivity contribution >= 4 is 0 Å². The molecule has 0 unspecified atom stereocenters. The summed E-state index contributed by atoms with van der Waals surface area (Å²) in [6, 6.07) is 11.0. The number of rotatable bonds is 1. The molecule has 2 aliphatic rings. The van der Waals surface area contributed by atoms with Crippen LogP contribution in [0.2, 0.25) is 0 Å². The van der Waals surface area contributed by atoms with Crippen LogP contribution < -0.4 is 5.32 Å². The fourth-order valence-corrected chi connectivity index (χ4v) is 3.12. The molecule has 0 aromatic heterocycles. The van der Waals surface area contributed by atoms with Crippen LogP contribution in [-0.2, 0) is 0 Å². The van der Waals surface area contributed by atoms with Gasteiger partial charge in [0.15, 0.2) is 0 Å². The third-order valence-electron chi connectivity index (χ3n) is 4.12. The molecule has 3 rings (SSSR count). The third-order valence-corrected chi connectivity index (χ3v) is 4.12. The Balaban J connectivity index is 1.91. The standard InChI is InChI=1S/C13H17N/c1-2-5-11(6-3-1)12-9-14-10-13(12)7-4-8-13/h1-3,5-6,12,14H,4,7-10H2/t12-/m1/s1. The molecule has 1 N–H and O–H groups in total. The summed E-state index contributed by atoms with van der Waals surface area (Å²) in [5.74, 6) is 0.775. The Morgan fingerprint density at radius 1 is 1.14 bits per heavy atom. The summed E-state index contributed by atoms with van der Waals surface area (Å²) in [5.41, 5.74) is 2.17. The molecule has 1 saturated heterocycles. The van der Waals surface area contributed by atoms with E-state index >= 15 is 0 Å². The zero-order valence-electron chi connectivity index (χ0n) is 8.50. The lowest BCUT2D eigenvalue weighted by atomic mass is 9.61. The Labute approximate surface area is 85.5 Å². The summed E-state index contributed by atoms with van der Waals surface area (Å²) in [6.45, 7) is 2.43. The summed E-state index contributed by atoms with van der Waals surface area (Å²) in [7, 11) is 0. The van der Waals surface area contributed by atoms with Crippen molar-refractivity contribution < 1.29 is 0 Å². The van der Waals surface area contributed by atoms with E-state index in [1.807, 2.05) is 0 Å². The highest BCUT2D eigenvalue weighted by molar-refractivity contribution is 5.26. The average Bonchev–Trinajstić information content (AvgIpc) is 2.62. The molecule has 1 aromatic rings. The van der Waals surface area contributed by atoms with Crippen molar-refractivity contribution in [1.29, 1.82) is 0 Å². The molecular formula is C13H17N. The molecular weight excluding hydrogens is 170 g/mol. The van der Waals surface area contributed by atoms with Crippen molar-refractivity contribution in [3.8, 4) is 0 Å². The Morgan fingerprint density at radius 2 is 1.93 bits per heavy atom. The predicted octanol–water partition coefficient (Wildman–Crippen LogP) is 2.54. The van der Waals surface area contributed by atoms with Crippen LogP contribution in [0.4, 0.5) is 0 Å². The normalized spacial score (nSPS) is 29.0. The van der Waals surface area contributed by atoms with Gasteiger partial charge in [-0.2, -0.15) is 0 Å². The molecule has 74 valence electrons. The Kier molecular flexibility index (Phi) is 1.88. The van der Waals surface area contributed by atoms with E-state index in [1.54, 1.807) is 0 Å². The molecule has 0 radical (unpaired) electrons. The Bertz CT molecular complexity index is 313. The smallest absolute Gasteiger partial charge is 0.00320 e. The van der Waals surface area contributed by atoms with Gasteiger partial charge in [-0.1, -0.05) is 36.8 Å². The number of nitrogens with one attached hydrogen (secondary N) is 1. The van der Waals surface area contributed by atoms with Crippen LogP contribution >= 0.6 is 0 Å². The van der Waals surface area contributed by atoms with E-state index in [-0.39, 0.29) is 0 Å². The topological polar surface area (TPSA) is 12.0 Å². The first-order chi connectivity index (χ1) is 6.91. The summed E-state index contributed by atoms with van der Waals surface area (Å²) < 4.78 is 0. The van der Waals surface area contributed by atoms with Gasteiger partial charge < -0.3 is 5.32 Å². The van der Waals surface area contributed by atoms with Gasteiger partial charge in [0.2, 0.25) is 0 Å². The Morgan fingerprint density at radius 3 is 2.57 bits per heavy atom. The minimum atomic E-state index is 0.626. The van der Waals surface area contributed by atoms with Gasteiger partial charge in [-0.3, -0.25) is 0 Å². The van der Waals surface area contributed by atoms with Crippen LogP contribution in [0.15, 0.2) is 30.3 Å². The second kappa shape index (κ2) is 3.09. The van der Waals surface area contributed by atoms with Crippen LogP contribution in [-0.4, -0.2) is 13.1 Å². The molecule has 1 atom stereocenters. The number of hydrogen-bond donors (Lipinski definition) is 1. The van der Waals surface area contributed by atoms with E-state index in [2.05, 4.69) is 35.6 Å². The van der Waals surface area contributed by atoms with Crippen LogP contribution in [0.5, 0.6) is 0 Å². The lowest BCUT2D eigenvalue weighted by Crippen LogP contribution is -2.35.